The number of fused-ring (bicyclic) bond motifs is 8. The SMILES string of the molecule is c1ccc(-c2cccc(-c3nc(-c4cccc(-c5cccc6c5C5(CCCCC5)c5ccccc5-6)c4)nc(-c4cccc5c4oc4ccccc45)n3)c2)cc1. The third-order valence-corrected chi connectivity index (χ3v) is 11.9. The number of rotatable bonds is 5. The van der Waals surface area contributed by atoms with Gasteiger partial charge in [-0.15, -0.1) is 0 Å². The van der Waals surface area contributed by atoms with Crippen molar-refractivity contribution in [3.8, 4) is 67.5 Å². The smallest absolute Gasteiger partial charge is 0.167 e. The van der Waals surface area contributed by atoms with Crippen LogP contribution >= 0.6 is 0 Å². The Morgan fingerprint density at radius 1 is 0.400 bits per heavy atom. The lowest BCUT2D eigenvalue weighted by atomic mass is 9.66. The lowest BCUT2D eigenvalue weighted by Crippen LogP contribution is -2.28. The number of hydrogen-bond acceptors (Lipinski definition) is 4. The van der Waals surface area contributed by atoms with Crippen molar-refractivity contribution >= 4 is 21.9 Å². The van der Waals surface area contributed by atoms with E-state index in [2.05, 4.69) is 140 Å². The first kappa shape index (κ1) is 31.8. The van der Waals surface area contributed by atoms with Crippen LogP contribution in [0.2, 0.25) is 0 Å². The summed E-state index contributed by atoms with van der Waals surface area (Å²) in [7, 11) is 0. The Labute approximate surface area is 320 Å². The Morgan fingerprint density at radius 2 is 0.964 bits per heavy atom. The Bertz CT molecular complexity index is 2920. The van der Waals surface area contributed by atoms with Crippen molar-refractivity contribution in [1.29, 1.82) is 0 Å². The van der Waals surface area contributed by atoms with Gasteiger partial charge in [-0.2, -0.15) is 0 Å². The molecule has 262 valence electrons. The molecular formula is C51H37N3O. The van der Waals surface area contributed by atoms with Gasteiger partial charge < -0.3 is 4.42 Å². The molecular weight excluding hydrogens is 671 g/mol. The van der Waals surface area contributed by atoms with Crippen molar-refractivity contribution in [2.24, 2.45) is 0 Å². The Morgan fingerprint density at radius 3 is 1.80 bits per heavy atom. The molecule has 1 saturated carbocycles. The average Bonchev–Trinajstić information content (AvgIpc) is 3.78. The van der Waals surface area contributed by atoms with Crippen molar-refractivity contribution < 1.29 is 4.42 Å². The van der Waals surface area contributed by atoms with Crippen LogP contribution in [0.15, 0.2) is 168 Å². The number of benzene rings is 7. The van der Waals surface area contributed by atoms with Crippen LogP contribution in [0.1, 0.15) is 43.2 Å². The molecule has 0 radical (unpaired) electrons. The first-order valence-corrected chi connectivity index (χ1v) is 19.4. The zero-order valence-corrected chi connectivity index (χ0v) is 30.4. The second-order valence-corrected chi connectivity index (χ2v) is 15.0. The minimum absolute atomic E-state index is 0.0410. The molecule has 0 N–H and O–H groups in total. The fourth-order valence-corrected chi connectivity index (χ4v) is 9.45. The van der Waals surface area contributed by atoms with Gasteiger partial charge in [-0.1, -0.05) is 159 Å². The molecule has 9 aromatic rings. The molecule has 2 aliphatic rings. The normalized spacial score (nSPS) is 14.3. The predicted octanol–water partition coefficient (Wildman–Crippen LogP) is 13.3. The molecule has 0 aliphatic heterocycles. The molecule has 2 aliphatic carbocycles. The first-order valence-electron chi connectivity index (χ1n) is 19.4. The van der Waals surface area contributed by atoms with Crippen LogP contribution in [-0.2, 0) is 5.41 Å². The van der Waals surface area contributed by atoms with Gasteiger partial charge in [0.15, 0.2) is 17.5 Å². The van der Waals surface area contributed by atoms with E-state index in [1.807, 2.05) is 24.3 Å². The number of para-hydroxylation sites is 2. The number of furan rings is 1. The summed E-state index contributed by atoms with van der Waals surface area (Å²) >= 11 is 0. The van der Waals surface area contributed by atoms with Gasteiger partial charge in [-0.05, 0) is 81.6 Å². The summed E-state index contributed by atoms with van der Waals surface area (Å²) in [5.41, 5.74) is 14.9. The summed E-state index contributed by atoms with van der Waals surface area (Å²) in [6.07, 6.45) is 6.17. The molecule has 0 saturated heterocycles. The highest BCUT2D eigenvalue weighted by Crippen LogP contribution is 2.58. The molecule has 0 atom stereocenters. The van der Waals surface area contributed by atoms with Crippen LogP contribution < -0.4 is 0 Å². The molecule has 0 amide bonds. The van der Waals surface area contributed by atoms with E-state index in [4.69, 9.17) is 19.4 Å². The molecule has 1 spiro atoms. The van der Waals surface area contributed by atoms with E-state index in [1.165, 1.54) is 65.5 Å². The summed E-state index contributed by atoms with van der Waals surface area (Å²) in [4.78, 5) is 15.6. The van der Waals surface area contributed by atoms with E-state index in [1.54, 1.807) is 0 Å². The van der Waals surface area contributed by atoms with Crippen molar-refractivity contribution in [2.45, 2.75) is 37.5 Å². The van der Waals surface area contributed by atoms with Gasteiger partial charge in [-0.25, -0.2) is 15.0 Å². The van der Waals surface area contributed by atoms with Crippen LogP contribution in [0.3, 0.4) is 0 Å². The standard InChI is InChI=1S/C51H37N3O/c1-3-15-33(16-4-1)34-17-11-19-36(31-34)48-52-49(54-50(53-48)43-26-14-25-42-40-22-6-8-28-45(40)55-47(42)43)37-20-12-18-35(32-37)38-23-13-24-41-39-21-5-7-27-44(39)51(46(38)41)29-9-2-10-30-51/h1,3-8,11-28,31-32H,2,9-10,29-30H2. The zero-order valence-electron chi connectivity index (χ0n) is 30.4. The van der Waals surface area contributed by atoms with Gasteiger partial charge in [0.25, 0.3) is 0 Å². The topological polar surface area (TPSA) is 51.8 Å². The van der Waals surface area contributed by atoms with Gasteiger partial charge in [0.2, 0.25) is 0 Å². The molecule has 55 heavy (non-hydrogen) atoms. The fraction of sp³-hybridized carbons (Fsp3) is 0.118. The van der Waals surface area contributed by atoms with Crippen LogP contribution in [0.25, 0.3) is 89.5 Å². The second kappa shape index (κ2) is 12.7. The van der Waals surface area contributed by atoms with Crippen LogP contribution in [0.5, 0.6) is 0 Å². The highest BCUT2D eigenvalue weighted by molar-refractivity contribution is 6.09. The lowest BCUT2D eigenvalue weighted by molar-refractivity contribution is 0.353. The van der Waals surface area contributed by atoms with E-state index in [0.717, 1.165) is 49.8 Å². The third-order valence-electron chi connectivity index (χ3n) is 11.9. The van der Waals surface area contributed by atoms with E-state index >= 15 is 0 Å². The van der Waals surface area contributed by atoms with E-state index in [0.29, 0.717) is 17.5 Å². The summed E-state index contributed by atoms with van der Waals surface area (Å²) in [6, 6.07) is 58.1. The minimum atomic E-state index is 0.0410. The number of hydrogen-bond donors (Lipinski definition) is 0. The molecule has 2 heterocycles. The van der Waals surface area contributed by atoms with Crippen LogP contribution in [-0.4, -0.2) is 15.0 Å². The highest BCUT2D eigenvalue weighted by Gasteiger charge is 2.45. The Balaban J connectivity index is 1.10. The van der Waals surface area contributed by atoms with Gasteiger partial charge in [0, 0.05) is 27.3 Å². The average molecular weight is 708 g/mol. The van der Waals surface area contributed by atoms with E-state index < -0.39 is 0 Å². The highest BCUT2D eigenvalue weighted by atomic mass is 16.3. The second-order valence-electron chi connectivity index (χ2n) is 15.0. The fourth-order valence-electron chi connectivity index (χ4n) is 9.45. The largest absolute Gasteiger partial charge is 0.455 e. The number of aromatic nitrogens is 3. The molecule has 4 heteroatoms. The van der Waals surface area contributed by atoms with Crippen LogP contribution in [0.4, 0.5) is 0 Å². The Kier molecular flexibility index (Phi) is 7.38. The summed E-state index contributed by atoms with van der Waals surface area (Å²) in [6.45, 7) is 0. The molecule has 11 rings (SSSR count). The predicted molar refractivity (Wildman–Crippen MR) is 224 cm³/mol. The maximum atomic E-state index is 6.51. The molecule has 2 aromatic heterocycles. The van der Waals surface area contributed by atoms with Crippen molar-refractivity contribution in [3.63, 3.8) is 0 Å². The van der Waals surface area contributed by atoms with E-state index in [9.17, 15) is 0 Å². The zero-order chi connectivity index (χ0) is 36.3. The number of nitrogens with zero attached hydrogens (tertiary/aromatic N) is 3. The van der Waals surface area contributed by atoms with E-state index in [-0.39, 0.29) is 5.41 Å². The Hall–Kier alpha value is -6.65. The summed E-state index contributed by atoms with van der Waals surface area (Å²) in [5.74, 6) is 1.83. The molecule has 0 bridgehead atoms. The van der Waals surface area contributed by atoms with Gasteiger partial charge in [0.05, 0.1) is 5.56 Å². The van der Waals surface area contributed by atoms with Gasteiger partial charge >= 0.3 is 0 Å². The van der Waals surface area contributed by atoms with Crippen LogP contribution in [0, 0.1) is 0 Å². The van der Waals surface area contributed by atoms with Crippen molar-refractivity contribution in [3.05, 3.63) is 175 Å². The van der Waals surface area contributed by atoms with Gasteiger partial charge in [-0.3, -0.25) is 0 Å². The maximum Gasteiger partial charge on any atom is 0.167 e. The third kappa shape index (κ3) is 5.16. The maximum absolute atomic E-state index is 6.51. The summed E-state index contributed by atoms with van der Waals surface area (Å²) < 4.78 is 6.51. The monoisotopic (exact) mass is 707 g/mol. The van der Waals surface area contributed by atoms with Gasteiger partial charge in [0.1, 0.15) is 11.2 Å². The molecule has 7 aromatic carbocycles. The molecule has 0 unspecified atom stereocenters. The van der Waals surface area contributed by atoms with Crippen molar-refractivity contribution in [2.75, 3.05) is 0 Å². The molecule has 4 nitrogen and oxygen atoms in total. The summed E-state index contributed by atoms with van der Waals surface area (Å²) in [5, 5.41) is 2.12. The first-order chi connectivity index (χ1) is 27.2. The van der Waals surface area contributed by atoms with Crippen molar-refractivity contribution in [1.82, 2.24) is 15.0 Å². The minimum Gasteiger partial charge on any atom is -0.455 e. The molecule has 1 fully saturated rings. The lowest BCUT2D eigenvalue weighted by Gasteiger charge is -2.37. The quantitative estimate of drug-likeness (QED) is 0.179.